The number of amides is 1. The second-order valence-corrected chi connectivity index (χ2v) is 9.25. The largest absolute Gasteiger partial charge is 0.341 e. The van der Waals surface area contributed by atoms with Crippen molar-refractivity contribution < 1.29 is 13.2 Å². The molecule has 0 radical (unpaired) electrons. The van der Waals surface area contributed by atoms with Crippen LogP contribution in [0.3, 0.4) is 0 Å². The van der Waals surface area contributed by atoms with E-state index >= 15 is 0 Å². The molecule has 6 heteroatoms. The molecule has 4 nitrogen and oxygen atoms in total. The van der Waals surface area contributed by atoms with Crippen LogP contribution in [-0.4, -0.2) is 38.1 Å². The van der Waals surface area contributed by atoms with Crippen molar-refractivity contribution in [3.8, 4) is 0 Å². The van der Waals surface area contributed by atoms with Crippen LogP contribution in [-0.2, 0) is 14.6 Å². The summed E-state index contributed by atoms with van der Waals surface area (Å²) < 4.78 is 24.9. The Labute approximate surface area is 130 Å². The van der Waals surface area contributed by atoms with Gasteiger partial charge < -0.3 is 4.90 Å². The third kappa shape index (κ3) is 3.16. The van der Waals surface area contributed by atoms with Crippen LogP contribution in [0, 0.1) is 5.92 Å². The molecule has 1 saturated carbocycles. The average Bonchev–Trinajstić information content (AvgIpc) is 3.12. The fraction of sp³-hybridized carbons (Fsp3) is 0.667. The normalized spacial score (nSPS) is 26.7. The molecule has 0 aromatic carbocycles. The van der Waals surface area contributed by atoms with E-state index in [9.17, 15) is 13.2 Å². The van der Waals surface area contributed by atoms with Crippen LogP contribution >= 0.6 is 11.3 Å². The van der Waals surface area contributed by atoms with Gasteiger partial charge in [-0.25, -0.2) is 8.42 Å². The zero-order chi connectivity index (χ0) is 14.9. The topological polar surface area (TPSA) is 54.5 Å². The van der Waals surface area contributed by atoms with Gasteiger partial charge in [-0.15, -0.1) is 11.3 Å². The summed E-state index contributed by atoms with van der Waals surface area (Å²) in [6.45, 7) is 0.927. The molecule has 1 aliphatic carbocycles. The van der Waals surface area contributed by atoms with Crippen LogP contribution in [0.1, 0.15) is 42.2 Å². The van der Waals surface area contributed by atoms with Gasteiger partial charge in [0.15, 0.2) is 9.84 Å². The Balaban J connectivity index is 1.74. The van der Waals surface area contributed by atoms with Gasteiger partial charge in [0.05, 0.1) is 11.0 Å². The van der Waals surface area contributed by atoms with Gasteiger partial charge in [-0.3, -0.25) is 4.79 Å². The van der Waals surface area contributed by atoms with Crippen LogP contribution in [0.25, 0.3) is 0 Å². The van der Waals surface area contributed by atoms with Crippen LogP contribution in [0.2, 0.25) is 0 Å². The van der Waals surface area contributed by atoms with E-state index < -0.39 is 15.1 Å². The molecule has 3 rings (SSSR count). The minimum atomic E-state index is -3.16. The van der Waals surface area contributed by atoms with Gasteiger partial charge in [0.1, 0.15) is 0 Å². The van der Waals surface area contributed by atoms with Crippen LogP contribution in [0.4, 0.5) is 0 Å². The highest BCUT2D eigenvalue weighted by Gasteiger charge is 2.35. The number of carbonyl (C=O) groups excluding carboxylic acids is 1. The standard InChI is InChI=1S/C15H21NO3S2/c17-15(12-4-1-2-5-12)16-8-7-14(13-6-3-10-20-13)21(18,19)11-9-16/h3,6,10,12,14H,1-2,4-5,7-9,11H2. The molecular weight excluding hydrogens is 306 g/mol. The summed E-state index contributed by atoms with van der Waals surface area (Å²) >= 11 is 1.49. The van der Waals surface area contributed by atoms with Crippen molar-refractivity contribution in [3.63, 3.8) is 0 Å². The zero-order valence-corrected chi connectivity index (χ0v) is 13.7. The van der Waals surface area contributed by atoms with Crippen LogP contribution in [0.5, 0.6) is 0 Å². The molecule has 1 unspecified atom stereocenters. The van der Waals surface area contributed by atoms with Crippen LogP contribution < -0.4 is 0 Å². The lowest BCUT2D eigenvalue weighted by Crippen LogP contribution is -2.37. The number of thiophene rings is 1. The molecule has 0 spiro atoms. The first-order valence-corrected chi connectivity index (χ1v) is 10.2. The highest BCUT2D eigenvalue weighted by Crippen LogP contribution is 2.33. The summed E-state index contributed by atoms with van der Waals surface area (Å²) in [6, 6.07) is 3.78. The van der Waals surface area contributed by atoms with Gasteiger partial charge in [-0.05, 0) is 30.7 Å². The lowest BCUT2D eigenvalue weighted by atomic mass is 10.1. The van der Waals surface area contributed by atoms with Crippen molar-refractivity contribution in [1.82, 2.24) is 4.90 Å². The molecule has 1 saturated heterocycles. The average molecular weight is 327 g/mol. The summed E-state index contributed by atoms with van der Waals surface area (Å²) in [5, 5.41) is 1.48. The van der Waals surface area contributed by atoms with E-state index in [1.54, 1.807) is 4.90 Å². The van der Waals surface area contributed by atoms with Gasteiger partial charge in [0, 0.05) is 23.9 Å². The predicted octanol–water partition coefficient (Wildman–Crippen LogP) is 2.63. The summed E-state index contributed by atoms with van der Waals surface area (Å²) in [5.41, 5.74) is 0. The fourth-order valence-corrected chi connectivity index (χ4v) is 6.39. The predicted molar refractivity (Wildman–Crippen MR) is 84.0 cm³/mol. The maximum Gasteiger partial charge on any atom is 0.225 e. The van der Waals surface area contributed by atoms with Crippen molar-refractivity contribution in [2.45, 2.75) is 37.4 Å². The number of hydrogen-bond donors (Lipinski definition) is 0. The molecule has 116 valence electrons. The third-order valence-electron chi connectivity index (χ3n) is 4.62. The highest BCUT2D eigenvalue weighted by atomic mass is 32.2. The van der Waals surface area contributed by atoms with E-state index in [2.05, 4.69) is 0 Å². The molecule has 1 aliphatic heterocycles. The second kappa shape index (κ2) is 6.08. The van der Waals surface area contributed by atoms with Crippen molar-refractivity contribution in [2.75, 3.05) is 18.8 Å². The Morgan fingerprint density at radius 3 is 2.62 bits per heavy atom. The number of carbonyl (C=O) groups is 1. The molecule has 1 amide bonds. The Morgan fingerprint density at radius 2 is 1.95 bits per heavy atom. The molecule has 21 heavy (non-hydrogen) atoms. The van der Waals surface area contributed by atoms with E-state index in [-0.39, 0.29) is 17.6 Å². The van der Waals surface area contributed by atoms with Gasteiger partial charge in [0.2, 0.25) is 5.91 Å². The maximum absolute atomic E-state index is 12.5. The molecule has 0 N–H and O–H groups in total. The monoisotopic (exact) mass is 327 g/mol. The molecule has 1 atom stereocenters. The minimum Gasteiger partial charge on any atom is -0.341 e. The molecule has 1 aromatic rings. The SMILES string of the molecule is O=C(C1CCCC1)N1CCC(c2cccs2)S(=O)(=O)CC1. The fourth-order valence-electron chi connectivity index (χ4n) is 3.39. The van der Waals surface area contributed by atoms with E-state index in [0.717, 1.165) is 30.6 Å². The van der Waals surface area contributed by atoms with Crippen LogP contribution in [0.15, 0.2) is 17.5 Å². The van der Waals surface area contributed by atoms with Gasteiger partial charge in [-0.2, -0.15) is 0 Å². The highest BCUT2D eigenvalue weighted by molar-refractivity contribution is 7.91. The summed E-state index contributed by atoms with van der Waals surface area (Å²) in [7, 11) is -3.16. The van der Waals surface area contributed by atoms with Crippen molar-refractivity contribution >= 4 is 27.1 Å². The molecule has 0 bridgehead atoms. The Kier molecular flexibility index (Phi) is 4.36. The molecule has 2 aliphatic rings. The second-order valence-electron chi connectivity index (χ2n) is 5.97. The number of sulfone groups is 1. The first-order valence-electron chi connectivity index (χ1n) is 7.62. The first-order chi connectivity index (χ1) is 10.1. The Bertz CT molecular complexity index is 588. The van der Waals surface area contributed by atoms with Gasteiger partial charge in [-0.1, -0.05) is 18.9 Å². The van der Waals surface area contributed by atoms with Crippen molar-refractivity contribution in [1.29, 1.82) is 0 Å². The number of hydrogen-bond acceptors (Lipinski definition) is 4. The smallest absolute Gasteiger partial charge is 0.225 e. The lowest BCUT2D eigenvalue weighted by Gasteiger charge is -2.23. The van der Waals surface area contributed by atoms with E-state index in [4.69, 9.17) is 0 Å². The minimum absolute atomic E-state index is 0.0913. The third-order valence-corrected chi connectivity index (χ3v) is 7.86. The first kappa shape index (κ1) is 15.0. The van der Waals surface area contributed by atoms with E-state index in [1.165, 1.54) is 11.3 Å². The molecule has 2 heterocycles. The summed E-state index contributed by atoms with van der Waals surface area (Å²) in [6.07, 6.45) is 4.72. The summed E-state index contributed by atoms with van der Waals surface area (Å²) in [4.78, 5) is 15.2. The van der Waals surface area contributed by atoms with Crippen molar-refractivity contribution in [2.24, 2.45) is 5.92 Å². The molecule has 2 fully saturated rings. The lowest BCUT2D eigenvalue weighted by molar-refractivity contribution is -0.135. The van der Waals surface area contributed by atoms with E-state index in [1.807, 2.05) is 17.5 Å². The number of nitrogens with zero attached hydrogens (tertiary/aromatic N) is 1. The summed E-state index contributed by atoms with van der Waals surface area (Å²) in [5.74, 6) is 0.397. The number of rotatable bonds is 2. The molecule has 1 aromatic heterocycles. The Hall–Kier alpha value is -0.880. The van der Waals surface area contributed by atoms with Gasteiger partial charge >= 0.3 is 0 Å². The van der Waals surface area contributed by atoms with Gasteiger partial charge in [0.25, 0.3) is 0 Å². The quantitative estimate of drug-likeness (QED) is 0.839. The Morgan fingerprint density at radius 1 is 1.19 bits per heavy atom. The maximum atomic E-state index is 12.5. The van der Waals surface area contributed by atoms with Crippen molar-refractivity contribution in [3.05, 3.63) is 22.4 Å². The zero-order valence-electron chi connectivity index (χ0n) is 12.0. The molecular formula is C15H21NO3S2. The van der Waals surface area contributed by atoms with E-state index in [0.29, 0.717) is 19.5 Å².